The zero-order valence-corrected chi connectivity index (χ0v) is 18.8. The van der Waals surface area contributed by atoms with E-state index in [0.29, 0.717) is 29.7 Å². The number of ether oxygens (including phenoxy) is 2. The minimum atomic E-state index is -0.750. The SMILES string of the molecule is C#Cc1c(F)ccc2cc(O)cc(-c3ncc4c(N5CC6CCC(C5)O6)nc(OC)nc4c3F)c12. The highest BCUT2D eigenvalue weighted by atomic mass is 19.1. The van der Waals surface area contributed by atoms with Crippen LogP contribution in [0.2, 0.25) is 0 Å². The molecular formula is C26H20F2N4O3. The van der Waals surface area contributed by atoms with Crippen LogP contribution >= 0.6 is 0 Å². The van der Waals surface area contributed by atoms with Gasteiger partial charge >= 0.3 is 6.01 Å². The van der Waals surface area contributed by atoms with E-state index in [0.717, 1.165) is 12.8 Å². The Kier molecular flexibility index (Phi) is 4.93. The number of rotatable bonds is 3. The fraction of sp³-hybridized carbons (Fsp3) is 0.269. The van der Waals surface area contributed by atoms with Crippen molar-refractivity contribution in [2.75, 3.05) is 25.1 Å². The van der Waals surface area contributed by atoms with Crippen LogP contribution in [0.15, 0.2) is 30.5 Å². The fourth-order valence-corrected chi connectivity index (χ4v) is 5.08. The van der Waals surface area contributed by atoms with Gasteiger partial charge in [0.15, 0.2) is 5.82 Å². The largest absolute Gasteiger partial charge is 0.508 e. The number of aromatic nitrogens is 3. The molecule has 2 aliphatic rings. The second kappa shape index (κ2) is 8.03. The standard InChI is InChI=1S/C26H20F2N4O3/c1-3-17-20(27)7-4-13-8-14(33)9-18(21(13)17)23-22(28)24-19(10-29-23)25(31-26(30-24)34-2)32-11-15-5-6-16(12-32)35-15/h1,4,7-10,15-16,33H,5-6,11-12H2,2H3. The molecule has 35 heavy (non-hydrogen) atoms. The molecule has 0 saturated carbocycles. The van der Waals surface area contributed by atoms with Gasteiger partial charge in [-0.25, -0.2) is 8.78 Å². The van der Waals surface area contributed by atoms with Crippen LogP contribution in [-0.2, 0) is 4.74 Å². The van der Waals surface area contributed by atoms with Gasteiger partial charge in [0.2, 0.25) is 0 Å². The number of aromatic hydroxyl groups is 1. The third-order valence-electron chi connectivity index (χ3n) is 6.62. The van der Waals surface area contributed by atoms with Gasteiger partial charge < -0.3 is 19.5 Å². The lowest BCUT2D eigenvalue weighted by Gasteiger charge is -2.33. The third-order valence-corrected chi connectivity index (χ3v) is 6.62. The van der Waals surface area contributed by atoms with Crippen molar-refractivity contribution in [3.63, 3.8) is 0 Å². The van der Waals surface area contributed by atoms with E-state index in [2.05, 4.69) is 25.8 Å². The summed E-state index contributed by atoms with van der Waals surface area (Å²) in [5.41, 5.74) is 0.0130. The van der Waals surface area contributed by atoms with Crippen LogP contribution in [0.4, 0.5) is 14.6 Å². The second-order valence-electron chi connectivity index (χ2n) is 8.74. The second-order valence-corrected chi connectivity index (χ2v) is 8.74. The number of benzene rings is 2. The van der Waals surface area contributed by atoms with Crippen molar-refractivity contribution in [2.45, 2.75) is 25.0 Å². The zero-order chi connectivity index (χ0) is 24.3. The summed E-state index contributed by atoms with van der Waals surface area (Å²) in [7, 11) is 1.42. The average molecular weight is 474 g/mol. The highest BCUT2D eigenvalue weighted by Gasteiger charge is 2.35. The molecule has 4 aromatic rings. The minimum Gasteiger partial charge on any atom is -0.508 e. The number of phenols is 1. The maximum absolute atomic E-state index is 16.1. The Morgan fingerprint density at radius 2 is 1.94 bits per heavy atom. The Balaban J connectivity index is 1.59. The summed E-state index contributed by atoms with van der Waals surface area (Å²) in [6.07, 6.45) is 9.20. The Bertz CT molecular complexity index is 1540. The number of anilines is 1. The Hall–Kier alpha value is -4.03. The predicted molar refractivity (Wildman–Crippen MR) is 126 cm³/mol. The van der Waals surface area contributed by atoms with Crippen LogP contribution in [0, 0.1) is 24.0 Å². The number of hydrogen-bond donors (Lipinski definition) is 1. The first-order valence-electron chi connectivity index (χ1n) is 11.2. The first kappa shape index (κ1) is 21.5. The Morgan fingerprint density at radius 3 is 2.66 bits per heavy atom. The molecule has 9 heteroatoms. The van der Waals surface area contributed by atoms with Gasteiger partial charge in [-0.15, -0.1) is 6.42 Å². The molecule has 1 N–H and O–H groups in total. The van der Waals surface area contributed by atoms with Crippen LogP contribution in [0.5, 0.6) is 11.8 Å². The number of terminal acetylenes is 1. The number of halogens is 2. The van der Waals surface area contributed by atoms with Crippen molar-refractivity contribution in [2.24, 2.45) is 0 Å². The number of fused-ring (bicyclic) bond motifs is 4. The predicted octanol–water partition coefficient (Wildman–Crippen LogP) is 4.19. The first-order valence-corrected chi connectivity index (χ1v) is 11.2. The van der Waals surface area contributed by atoms with Crippen molar-refractivity contribution >= 4 is 27.5 Å². The number of pyridine rings is 1. The van der Waals surface area contributed by atoms with Crippen molar-refractivity contribution in [3.8, 4) is 35.4 Å². The van der Waals surface area contributed by atoms with Crippen molar-refractivity contribution in [1.82, 2.24) is 15.0 Å². The summed E-state index contributed by atoms with van der Waals surface area (Å²) in [4.78, 5) is 15.2. The first-order chi connectivity index (χ1) is 17.0. The molecule has 2 unspecified atom stereocenters. The Labute approximate surface area is 199 Å². The van der Waals surface area contributed by atoms with Crippen molar-refractivity contribution in [3.05, 3.63) is 47.7 Å². The molecule has 0 spiro atoms. The number of morpholine rings is 1. The van der Waals surface area contributed by atoms with Crippen LogP contribution in [-0.4, -0.2) is 52.5 Å². The monoisotopic (exact) mass is 474 g/mol. The molecule has 176 valence electrons. The maximum atomic E-state index is 16.1. The van der Waals surface area contributed by atoms with Crippen LogP contribution in [0.25, 0.3) is 32.9 Å². The van der Waals surface area contributed by atoms with E-state index in [1.807, 2.05) is 0 Å². The normalized spacial score (nSPS) is 19.3. The third kappa shape index (κ3) is 3.41. The summed E-state index contributed by atoms with van der Waals surface area (Å²) in [6.45, 7) is 1.24. The molecule has 2 aliphatic heterocycles. The minimum absolute atomic E-state index is 0.00541. The lowest BCUT2D eigenvalue weighted by Crippen LogP contribution is -2.43. The van der Waals surface area contributed by atoms with E-state index in [1.165, 1.54) is 37.6 Å². The quantitative estimate of drug-likeness (QED) is 0.446. The number of hydrogen-bond acceptors (Lipinski definition) is 7. The lowest BCUT2D eigenvalue weighted by molar-refractivity contribution is 0.0303. The van der Waals surface area contributed by atoms with Gasteiger partial charge in [0, 0.05) is 30.2 Å². The molecule has 0 radical (unpaired) electrons. The molecule has 0 aliphatic carbocycles. The van der Waals surface area contributed by atoms with Gasteiger partial charge in [-0.2, -0.15) is 9.97 Å². The molecule has 2 saturated heterocycles. The van der Waals surface area contributed by atoms with Gasteiger partial charge in [0.05, 0.1) is 30.3 Å². The fourth-order valence-electron chi connectivity index (χ4n) is 5.08. The number of phenolic OH excluding ortho intramolecular Hbond substituents is 1. The van der Waals surface area contributed by atoms with Crippen LogP contribution in [0.3, 0.4) is 0 Å². The zero-order valence-electron chi connectivity index (χ0n) is 18.8. The molecule has 6 rings (SSSR count). The van der Waals surface area contributed by atoms with E-state index < -0.39 is 11.6 Å². The summed E-state index contributed by atoms with van der Waals surface area (Å²) >= 11 is 0. The van der Waals surface area contributed by atoms with E-state index in [1.54, 1.807) is 0 Å². The molecule has 2 aromatic heterocycles. The molecule has 4 heterocycles. The average Bonchev–Trinajstić information content (AvgIpc) is 3.20. The van der Waals surface area contributed by atoms with E-state index in [9.17, 15) is 9.50 Å². The molecular weight excluding hydrogens is 454 g/mol. The Morgan fingerprint density at radius 1 is 1.17 bits per heavy atom. The topological polar surface area (TPSA) is 80.6 Å². The van der Waals surface area contributed by atoms with Gasteiger partial charge in [-0.05, 0) is 36.4 Å². The highest BCUT2D eigenvalue weighted by molar-refractivity contribution is 6.03. The number of nitrogens with zero attached hydrogens (tertiary/aromatic N) is 4. The lowest BCUT2D eigenvalue weighted by atomic mass is 9.96. The van der Waals surface area contributed by atoms with Gasteiger partial charge in [-0.3, -0.25) is 4.98 Å². The van der Waals surface area contributed by atoms with E-state index in [4.69, 9.17) is 15.9 Å². The smallest absolute Gasteiger partial charge is 0.318 e. The molecule has 2 fully saturated rings. The summed E-state index contributed by atoms with van der Waals surface area (Å²) in [6, 6.07) is 5.46. The van der Waals surface area contributed by atoms with Crippen LogP contribution in [0.1, 0.15) is 18.4 Å². The molecule has 2 aromatic carbocycles. The summed E-state index contributed by atoms with van der Waals surface area (Å²) in [5.74, 6) is 1.35. The van der Waals surface area contributed by atoms with E-state index >= 15 is 4.39 Å². The summed E-state index contributed by atoms with van der Waals surface area (Å²) < 4.78 is 41.8. The maximum Gasteiger partial charge on any atom is 0.318 e. The molecule has 2 atom stereocenters. The van der Waals surface area contributed by atoms with Gasteiger partial charge in [-0.1, -0.05) is 12.0 Å². The highest BCUT2D eigenvalue weighted by Crippen LogP contribution is 2.39. The van der Waals surface area contributed by atoms with E-state index in [-0.39, 0.29) is 51.7 Å². The van der Waals surface area contributed by atoms with Crippen LogP contribution < -0.4 is 9.64 Å². The number of methoxy groups -OCH3 is 1. The molecule has 0 amide bonds. The van der Waals surface area contributed by atoms with Gasteiger partial charge in [0.25, 0.3) is 0 Å². The van der Waals surface area contributed by atoms with Crippen molar-refractivity contribution in [1.29, 1.82) is 0 Å². The molecule has 7 nitrogen and oxygen atoms in total. The molecule has 2 bridgehead atoms. The van der Waals surface area contributed by atoms with Crippen molar-refractivity contribution < 1.29 is 23.4 Å². The summed E-state index contributed by atoms with van der Waals surface area (Å²) in [5, 5.41) is 11.5. The van der Waals surface area contributed by atoms with Gasteiger partial charge in [0.1, 0.15) is 28.6 Å².